The zero-order valence-corrected chi connectivity index (χ0v) is 18.7. The molecular weight excluding hydrogens is 418 g/mol. The van der Waals surface area contributed by atoms with Crippen LogP contribution in [0, 0.1) is 0 Å². The minimum atomic E-state index is -0.419. The number of para-hydroxylation sites is 2. The monoisotopic (exact) mass is 447 g/mol. The molecular formula is C25H29N5O3. The predicted molar refractivity (Wildman–Crippen MR) is 133 cm³/mol. The lowest BCUT2D eigenvalue weighted by Gasteiger charge is -2.19. The lowest BCUT2D eigenvalue weighted by atomic mass is 10.0. The van der Waals surface area contributed by atoms with Gasteiger partial charge in [0.2, 0.25) is 0 Å². The molecule has 0 aliphatic rings. The Kier molecular flexibility index (Phi) is 7.88. The number of nitrogens with zero attached hydrogens (tertiary/aromatic N) is 1. The number of nitrogens with two attached hydrogens (primary N) is 1. The van der Waals surface area contributed by atoms with Gasteiger partial charge in [0.15, 0.2) is 0 Å². The summed E-state index contributed by atoms with van der Waals surface area (Å²) in [6.45, 7) is -0.0992. The Morgan fingerprint density at radius 3 is 2.21 bits per heavy atom. The van der Waals surface area contributed by atoms with Gasteiger partial charge in [-0.1, -0.05) is 24.3 Å². The first-order chi connectivity index (χ1) is 15.9. The SMILES string of the molecule is CN(C)c1ccc(NC(=O)NC(CCO)c2ccc(C(=O)Nc3ccccc3N)cc2)cc1. The van der Waals surface area contributed by atoms with Gasteiger partial charge in [0, 0.05) is 37.6 Å². The van der Waals surface area contributed by atoms with Crippen molar-refractivity contribution in [2.24, 2.45) is 0 Å². The number of nitrogen functional groups attached to an aromatic ring is 1. The molecule has 172 valence electrons. The number of urea groups is 1. The number of aliphatic hydroxyl groups is 1. The van der Waals surface area contributed by atoms with Gasteiger partial charge >= 0.3 is 6.03 Å². The van der Waals surface area contributed by atoms with Crippen LogP contribution in [-0.4, -0.2) is 37.7 Å². The molecule has 0 fully saturated rings. The number of anilines is 4. The molecule has 0 bridgehead atoms. The third-order valence-electron chi connectivity index (χ3n) is 5.15. The Morgan fingerprint density at radius 2 is 1.61 bits per heavy atom. The highest BCUT2D eigenvalue weighted by molar-refractivity contribution is 6.05. The summed E-state index contributed by atoms with van der Waals surface area (Å²) in [7, 11) is 3.89. The lowest BCUT2D eigenvalue weighted by molar-refractivity contribution is 0.102. The Bertz CT molecular complexity index is 1080. The van der Waals surface area contributed by atoms with E-state index in [1.54, 1.807) is 48.5 Å². The second-order valence-electron chi connectivity index (χ2n) is 7.77. The summed E-state index contributed by atoms with van der Waals surface area (Å²) >= 11 is 0. The van der Waals surface area contributed by atoms with Crippen LogP contribution < -0.4 is 26.6 Å². The highest BCUT2D eigenvalue weighted by Crippen LogP contribution is 2.21. The molecule has 1 atom stereocenters. The van der Waals surface area contributed by atoms with Gasteiger partial charge in [0.25, 0.3) is 5.91 Å². The van der Waals surface area contributed by atoms with Crippen LogP contribution in [0.2, 0.25) is 0 Å². The quantitative estimate of drug-likeness (QED) is 0.336. The van der Waals surface area contributed by atoms with Gasteiger partial charge in [-0.15, -0.1) is 0 Å². The summed E-state index contributed by atoms with van der Waals surface area (Å²) in [4.78, 5) is 27.0. The molecule has 3 aromatic carbocycles. The van der Waals surface area contributed by atoms with Crippen molar-refractivity contribution in [3.8, 4) is 0 Å². The molecule has 33 heavy (non-hydrogen) atoms. The summed E-state index contributed by atoms with van der Waals surface area (Å²) in [6.07, 6.45) is 0.332. The van der Waals surface area contributed by atoms with Gasteiger partial charge in [0.1, 0.15) is 0 Å². The molecule has 3 amide bonds. The van der Waals surface area contributed by atoms with Crippen molar-refractivity contribution in [3.05, 3.63) is 83.9 Å². The fraction of sp³-hybridized carbons (Fsp3) is 0.200. The fourth-order valence-corrected chi connectivity index (χ4v) is 3.29. The summed E-state index contributed by atoms with van der Waals surface area (Å²) < 4.78 is 0. The van der Waals surface area contributed by atoms with E-state index in [1.807, 2.05) is 43.3 Å². The number of hydrogen-bond donors (Lipinski definition) is 5. The van der Waals surface area contributed by atoms with Crippen LogP contribution in [0.25, 0.3) is 0 Å². The Balaban J connectivity index is 1.64. The van der Waals surface area contributed by atoms with E-state index in [4.69, 9.17) is 5.73 Å². The van der Waals surface area contributed by atoms with Crippen LogP contribution >= 0.6 is 0 Å². The fourth-order valence-electron chi connectivity index (χ4n) is 3.29. The van der Waals surface area contributed by atoms with E-state index >= 15 is 0 Å². The Hall–Kier alpha value is -4.04. The number of amides is 3. The van der Waals surface area contributed by atoms with Gasteiger partial charge in [-0.2, -0.15) is 0 Å². The highest BCUT2D eigenvalue weighted by Gasteiger charge is 2.16. The molecule has 0 spiro atoms. The van der Waals surface area contributed by atoms with Crippen LogP contribution in [0.4, 0.5) is 27.5 Å². The minimum absolute atomic E-state index is 0.0992. The van der Waals surface area contributed by atoms with Crippen molar-refractivity contribution in [2.45, 2.75) is 12.5 Å². The van der Waals surface area contributed by atoms with Gasteiger partial charge in [0.05, 0.1) is 17.4 Å². The van der Waals surface area contributed by atoms with E-state index in [2.05, 4.69) is 16.0 Å². The molecule has 0 aliphatic heterocycles. The van der Waals surface area contributed by atoms with Crippen LogP contribution in [-0.2, 0) is 0 Å². The van der Waals surface area contributed by atoms with Crippen LogP contribution in [0.15, 0.2) is 72.8 Å². The topological polar surface area (TPSA) is 120 Å². The summed E-state index contributed by atoms with van der Waals surface area (Å²) in [5, 5.41) is 17.9. The molecule has 0 saturated carbocycles. The predicted octanol–water partition coefficient (Wildman–Crippen LogP) is 3.83. The van der Waals surface area contributed by atoms with Crippen LogP contribution in [0.3, 0.4) is 0 Å². The molecule has 8 nitrogen and oxygen atoms in total. The number of nitrogens with one attached hydrogen (secondary N) is 3. The average molecular weight is 448 g/mol. The maximum atomic E-state index is 12.5. The Morgan fingerprint density at radius 1 is 0.939 bits per heavy atom. The third kappa shape index (κ3) is 6.47. The van der Waals surface area contributed by atoms with E-state index in [1.165, 1.54) is 0 Å². The number of hydrogen-bond acceptors (Lipinski definition) is 5. The van der Waals surface area contributed by atoms with Crippen molar-refractivity contribution in [2.75, 3.05) is 42.0 Å². The summed E-state index contributed by atoms with van der Waals surface area (Å²) in [5.74, 6) is -0.287. The normalized spacial score (nSPS) is 11.4. The van der Waals surface area contributed by atoms with Crippen LogP contribution in [0.1, 0.15) is 28.4 Å². The molecule has 0 aromatic heterocycles. The van der Waals surface area contributed by atoms with E-state index in [0.29, 0.717) is 29.0 Å². The number of aliphatic hydroxyl groups excluding tert-OH is 1. The first-order valence-corrected chi connectivity index (χ1v) is 10.6. The van der Waals surface area contributed by atoms with Gasteiger partial charge in [-0.3, -0.25) is 4.79 Å². The zero-order chi connectivity index (χ0) is 23.8. The minimum Gasteiger partial charge on any atom is -0.397 e. The number of rotatable bonds is 8. The molecule has 6 N–H and O–H groups in total. The maximum absolute atomic E-state index is 12.5. The second kappa shape index (κ2) is 11.0. The molecule has 0 aliphatic carbocycles. The lowest BCUT2D eigenvalue weighted by Crippen LogP contribution is -2.33. The summed E-state index contributed by atoms with van der Waals surface area (Å²) in [5.41, 5.74) is 9.82. The molecule has 3 rings (SSSR count). The van der Waals surface area contributed by atoms with Crippen molar-refractivity contribution < 1.29 is 14.7 Å². The van der Waals surface area contributed by atoms with E-state index in [9.17, 15) is 14.7 Å². The first kappa shape index (κ1) is 23.6. The van der Waals surface area contributed by atoms with Crippen molar-refractivity contribution in [1.29, 1.82) is 0 Å². The van der Waals surface area contributed by atoms with Gasteiger partial charge < -0.3 is 31.7 Å². The average Bonchev–Trinajstić information content (AvgIpc) is 2.80. The van der Waals surface area contributed by atoms with Gasteiger partial charge in [-0.05, 0) is 60.5 Å². The molecule has 0 radical (unpaired) electrons. The standard InChI is InChI=1S/C25H29N5O3/c1-30(2)20-13-11-19(12-14-20)27-25(33)29-22(15-16-31)17-7-9-18(10-8-17)24(32)28-23-6-4-3-5-21(23)26/h3-14,22,31H,15-16,26H2,1-2H3,(H,28,32)(H2,27,29,33). The smallest absolute Gasteiger partial charge is 0.319 e. The van der Waals surface area contributed by atoms with Crippen molar-refractivity contribution >= 4 is 34.7 Å². The van der Waals surface area contributed by atoms with Crippen molar-refractivity contribution in [1.82, 2.24) is 5.32 Å². The molecule has 0 saturated heterocycles. The molecule has 0 heterocycles. The summed E-state index contributed by atoms with van der Waals surface area (Å²) in [6, 6.07) is 20.6. The second-order valence-corrected chi connectivity index (χ2v) is 7.77. The number of benzene rings is 3. The maximum Gasteiger partial charge on any atom is 0.319 e. The highest BCUT2D eigenvalue weighted by atomic mass is 16.3. The third-order valence-corrected chi connectivity index (χ3v) is 5.15. The number of carbonyl (C=O) groups excluding carboxylic acids is 2. The molecule has 3 aromatic rings. The van der Waals surface area contributed by atoms with Crippen molar-refractivity contribution in [3.63, 3.8) is 0 Å². The van der Waals surface area contributed by atoms with Crippen LogP contribution in [0.5, 0.6) is 0 Å². The Labute approximate surface area is 193 Å². The largest absolute Gasteiger partial charge is 0.397 e. The first-order valence-electron chi connectivity index (χ1n) is 10.6. The molecule has 1 unspecified atom stereocenters. The van der Waals surface area contributed by atoms with E-state index in [0.717, 1.165) is 11.3 Å². The van der Waals surface area contributed by atoms with E-state index < -0.39 is 6.04 Å². The zero-order valence-electron chi connectivity index (χ0n) is 18.7. The molecule has 8 heteroatoms. The van der Waals surface area contributed by atoms with E-state index in [-0.39, 0.29) is 18.5 Å². The van der Waals surface area contributed by atoms with Gasteiger partial charge in [-0.25, -0.2) is 4.79 Å². The number of carbonyl (C=O) groups is 2.